The van der Waals surface area contributed by atoms with E-state index in [0.717, 1.165) is 11.1 Å². The van der Waals surface area contributed by atoms with Gasteiger partial charge in [-0.2, -0.15) is 0 Å². The normalized spacial score (nSPS) is 21.6. The number of hydrogen-bond acceptors (Lipinski definition) is 3. The minimum atomic E-state index is -0.555. The van der Waals surface area contributed by atoms with Crippen molar-refractivity contribution in [1.82, 2.24) is 5.32 Å². The van der Waals surface area contributed by atoms with E-state index in [4.69, 9.17) is 5.73 Å². The first-order valence-electron chi connectivity index (χ1n) is 7.35. The second-order valence-electron chi connectivity index (χ2n) is 5.61. The van der Waals surface area contributed by atoms with Crippen LogP contribution in [0.1, 0.15) is 43.9 Å². The molecule has 0 aromatic heterocycles. The predicted octanol–water partition coefficient (Wildman–Crippen LogP) is 1.53. The van der Waals surface area contributed by atoms with Crippen LogP contribution in [0.25, 0.3) is 0 Å². The summed E-state index contributed by atoms with van der Waals surface area (Å²) < 4.78 is 0. The smallest absolute Gasteiger partial charge is 0.228 e. The van der Waals surface area contributed by atoms with Gasteiger partial charge in [-0.3, -0.25) is 4.79 Å². The Morgan fingerprint density at radius 2 is 2.05 bits per heavy atom. The molecule has 20 heavy (non-hydrogen) atoms. The van der Waals surface area contributed by atoms with Gasteiger partial charge in [-0.25, -0.2) is 0 Å². The van der Waals surface area contributed by atoms with Crippen molar-refractivity contribution in [1.29, 1.82) is 0 Å². The van der Waals surface area contributed by atoms with Gasteiger partial charge in [-0.05, 0) is 24.0 Å². The highest BCUT2D eigenvalue weighted by molar-refractivity contribution is 5.83. The van der Waals surface area contributed by atoms with Crippen molar-refractivity contribution in [3.8, 4) is 0 Å². The van der Waals surface area contributed by atoms with Gasteiger partial charge in [0.15, 0.2) is 0 Å². The van der Waals surface area contributed by atoms with Crippen LogP contribution >= 0.6 is 0 Å². The van der Waals surface area contributed by atoms with E-state index in [1.54, 1.807) is 0 Å². The highest BCUT2D eigenvalue weighted by atomic mass is 16.3. The van der Waals surface area contributed by atoms with E-state index in [2.05, 4.69) is 5.32 Å². The van der Waals surface area contributed by atoms with Crippen molar-refractivity contribution >= 4 is 5.91 Å². The van der Waals surface area contributed by atoms with Crippen LogP contribution in [0.4, 0.5) is 0 Å². The van der Waals surface area contributed by atoms with Gasteiger partial charge in [0, 0.05) is 13.0 Å². The number of aliphatic hydroxyl groups excluding tert-OH is 1. The molecule has 1 amide bonds. The van der Waals surface area contributed by atoms with E-state index in [1.807, 2.05) is 38.1 Å². The van der Waals surface area contributed by atoms with E-state index in [9.17, 15) is 9.90 Å². The Bertz CT molecular complexity index is 475. The Labute approximate surface area is 120 Å². The summed E-state index contributed by atoms with van der Waals surface area (Å²) in [5.41, 5.74) is 7.41. The standard InChI is InChI=1S/C16H24N2O2/c1-3-16(4-2,10-17)15(20)18-14-12-8-6-5-7-11(12)9-13(14)19/h5-8,13-14,19H,3-4,9-10,17H2,1-2H3,(H,18,20)/t13-,14+/m1/s1. The minimum absolute atomic E-state index is 0.0502. The number of nitrogens with two attached hydrogens (primary N) is 1. The number of amides is 1. The number of hydrogen-bond donors (Lipinski definition) is 3. The van der Waals surface area contributed by atoms with E-state index >= 15 is 0 Å². The summed E-state index contributed by atoms with van der Waals surface area (Å²) in [5, 5.41) is 13.2. The third kappa shape index (κ3) is 2.45. The van der Waals surface area contributed by atoms with Gasteiger partial charge < -0.3 is 16.2 Å². The molecule has 0 unspecified atom stereocenters. The fourth-order valence-electron chi connectivity index (χ4n) is 2.99. The molecule has 2 rings (SSSR count). The molecule has 110 valence electrons. The minimum Gasteiger partial charge on any atom is -0.390 e. The summed E-state index contributed by atoms with van der Waals surface area (Å²) in [6, 6.07) is 7.55. The van der Waals surface area contributed by atoms with Crippen molar-refractivity contribution in [2.45, 2.75) is 45.3 Å². The van der Waals surface area contributed by atoms with E-state index in [0.29, 0.717) is 25.8 Å². The van der Waals surface area contributed by atoms with Crippen LogP contribution in [-0.4, -0.2) is 23.7 Å². The Morgan fingerprint density at radius 3 is 2.65 bits per heavy atom. The summed E-state index contributed by atoms with van der Waals surface area (Å²) in [7, 11) is 0. The van der Waals surface area contributed by atoms with Crippen LogP contribution in [0.2, 0.25) is 0 Å². The molecule has 0 saturated heterocycles. The molecule has 0 fully saturated rings. The average Bonchev–Trinajstić information content (AvgIpc) is 2.78. The largest absolute Gasteiger partial charge is 0.390 e. The topological polar surface area (TPSA) is 75.4 Å². The Balaban J connectivity index is 2.20. The van der Waals surface area contributed by atoms with Crippen molar-refractivity contribution in [3.63, 3.8) is 0 Å². The van der Waals surface area contributed by atoms with E-state index < -0.39 is 11.5 Å². The lowest BCUT2D eigenvalue weighted by molar-refractivity contribution is -0.132. The van der Waals surface area contributed by atoms with Crippen molar-refractivity contribution < 1.29 is 9.90 Å². The van der Waals surface area contributed by atoms with Crippen LogP contribution in [0.5, 0.6) is 0 Å². The maximum atomic E-state index is 12.6. The zero-order valence-corrected chi connectivity index (χ0v) is 12.2. The molecule has 0 aliphatic heterocycles. The fourth-order valence-corrected chi connectivity index (χ4v) is 2.99. The molecule has 4 N–H and O–H groups in total. The van der Waals surface area contributed by atoms with Crippen LogP contribution in [0.3, 0.4) is 0 Å². The number of benzene rings is 1. The lowest BCUT2D eigenvalue weighted by Gasteiger charge is -2.31. The number of rotatable bonds is 5. The molecule has 0 spiro atoms. The Morgan fingerprint density at radius 1 is 1.40 bits per heavy atom. The maximum absolute atomic E-state index is 12.6. The lowest BCUT2D eigenvalue weighted by Crippen LogP contribution is -2.47. The number of aliphatic hydroxyl groups is 1. The summed E-state index contributed by atoms with van der Waals surface area (Å²) in [6.45, 7) is 4.29. The first kappa shape index (κ1) is 15.0. The summed E-state index contributed by atoms with van der Waals surface area (Å²) in [6.07, 6.45) is 1.45. The van der Waals surface area contributed by atoms with Gasteiger partial charge >= 0.3 is 0 Å². The third-order valence-electron chi connectivity index (χ3n) is 4.72. The van der Waals surface area contributed by atoms with Crippen LogP contribution in [0, 0.1) is 5.41 Å². The van der Waals surface area contributed by atoms with Crippen molar-refractivity contribution in [3.05, 3.63) is 35.4 Å². The predicted molar refractivity (Wildman–Crippen MR) is 79.1 cm³/mol. The molecule has 4 nitrogen and oxygen atoms in total. The highest BCUT2D eigenvalue weighted by Gasteiger charge is 2.38. The van der Waals surface area contributed by atoms with Gasteiger partial charge in [0.05, 0.1) is 17.6 Å². The molecule has 0 heterocycles. The fraction of sp³-hybridized carbons (Fsp3) is 0.562. The second-order valence-corrected chi connectivity index (χ2v) is 5.61. The van der Waals surface area contributed by atoms with Gasteiger partial charge in [-0.1, -0.05) is 38.1 Å². The SMILES string of the molecule is CCC(CC)(CN)C(=O)N[C@H]1c2ccccc2C[C@H]1O. The summed E-state index contributed by atoms with van der Waals surface area (Å²) in [5.74, 6) is -0.0502. The monoisotopic (exact) mass is 276 g/mol. The molecular weight excluding hydrogens is 252 g/mol. The highest BCUT2D eigenvalue weighted by Crippen LogP contribution is 2.33. The van der Waals surface area contributed by atoms with Gasteiger partial charge in [0.25, 0.3) is 0 Å². The molecule has 1 aromatic rings. The van der Waals surface area contributed by atoms with E-state index in [-0.39, 0.29) is 11.9 Å². The van der Waals surface area contributed by atoms with Crippen molar-refractivity contribution in [2.75, 3.05) is 6.54 Å². The molecule has 1 aliphatic carbocycles. The molecular formula is C16H24N2O2. The molecule has 0 radical (unpaired) electrons. The summed E-state index contributed by atoms with van der Waals surface area (Å²) >= 11 is 0. The zero-order chi connectivity index (χ0) is 14.8. The molecule has 0 saturated carbocycles. The van der Waals surface area contributed by atoms with Crippen LogP contribution in [-0.2, 0) is 11.2 Å². The number of carbonyl (C=O) groups is 1. The maximum Gasteiger partial charge on any atom is 0.228 e. The number of nitrogens with one attached hydrogen (secondary N) is 1. The quantitative estimate of drug-likeness (QED) is 0.763. The number of fused-ring (bicyclic) bond motifs is 1. The zero-order valence-electron chi connectivity index (χ0n) is 12.2. The third-order valence-corrected chi connectivity index (χ3v) is 4.72. The Kier molecular flexibility index (Phi) is 4.45. The Hall–Kier alpha value is -1.39. The average molecular weight is 276 g/mol. The summed E-state index contributed by atoms with van der Waals surface area (Å²) in [4.78, 5) is 12.6. The van der Waals surface area contributed by atoms with Gasteiger partial charge in [0.2, 0.25) is 5.91 Å². The van der Waals surface area contributed by atoms with Crippen LogP contribution in [0.15, 0.2) is 24.3 Å². The molecule has 1 aliphatic rings. The molecule has 2 atom stereocenters. The van der Waals surface area contributed by atoms with Crippen LogP contribution < -0.4 is 11.1 Å². The van der Waals surface area contributed by atoms with E-state index in [1.165, 1.54) is 0 Å². The molecule has 0 bridgehead atoms. The lowest BCUT2D eigenvalue weighted by atomic mass is 9.81. The molecule has 1 aromatic carbocycles. The first-order valence-corrected chi connectivity index (χ1v) is 7.35. The first-order chi connectivity index (χ1) is 9.57. The van der Waals surface area contributed by atoms with Crippen molar-refractivity contribution in [2.24, 2.45) is 11.1 Å². The second kappa shape index (κ2) is 5.94. The van der Waals surface area contributed by atoms with Gasteiger partial charge in [-0.15, -0.1) is 0 Å². The number of carbonyl (C=O) groups excluding carboxylic acids is 1. The molecule has 4 heteroatoms. The van der Waals surface area contributed by atoms with Gasteiger partial charge in [0.1, 0.15) is 0 Å².